The first-order valence-electron chi connectivity index (χ1n) is 6.80. The lowest BCUT2D eigenvalue weighted by Gasteiger charge is -2.16. The maximum absolute atomic E-state index is 11.8. The summed E-state index contributed by atoms with van der Waals surface area (Å²) < 4.78 is 15.8. The summed E-state index contributed by atoms with van der Waals surface area (Å²) in [6.45, 7) is 0. The predicted molar refractivity (Wildman–Crippen MR) is 97.2 cm³/mol. The van der Waals surface area contributed by atoms with Gasteiger partial charge in [0.15, 0.2) is 16.6 Å². The third kappa shape index (κ3) is 4.27. The number of hydrazine groups is 1. The van der Waals surface area contributed by atoms with Crippen LogP contribution in [0.3, 0.4) is 0 Å². The van der Waals surface area contributed by atoms with Crippen LogP contribution in [0.2, 0.25) is 0 Å². The fourth-order valence-electron chi connectivity index (χ4n) is 1.90. The highest BCUT2D eigenvalue weighted by Gasteiger charge is 2.14. The monoisotopic (exact) mass is 367 g/mol. The number of benzene rings is 1. The van der Waals surface area contributed by atoms with Crippen LogP contribution in [0, 0.1) is 0 Å². The number of methoxy groups -OCH3 is 3. The van der Waals surface area contributed by atoms with Crippen molar-refractivity contribution in [2.75, 3.05) is 26.6 Å². The molecule has 0 fully saturated rings. The highest BCUT2D eigenvalue weighted by atomic mass is 32.1. The minimum Gasteiger partial charge on any atom is -0.493 e. The number of thiocarbonyl (C=S) groups is 1. The predicted octanol–water partition coefficient (Wildman–Crippen LogP) is 2.41. The largest absolute Gasteiger partial charge is 0.493 e. The van der Waals surface area contributed by atoms with Crippen molar-refractivity contribution in [3.63, 3.8) is 0 Å². The molecule has 0 aliphatic heterocycles. The van der Waals surface area contributed by atoms with Crippen molar-refractivity contribution < 1.29 is 19.0 Å². The number of amides is 1. The summed E-state index contributed by atoms with van der Waals surface area (Å²) in [5, 5.41) is 4.97. The summed E-state index contributed by atoms with van der Waals surface area (Å²) in [5.74, 6) is 1.20. The van der Waals surface area contributed by atoms with E-state index in [9.17, 15) is 4.79 Å². The van der Waals surface area contributed by atoms with Crippen molar-refractivity contribution in [3.8, 4) is 17.2 Å². The second-order valence-electron chi connectivity index (χ2n) is 4.42. The summed E-state index contributed by atoms with van der Waals surface area (Å²) >= 11 is 6.50. The Hall–Kier alpha value is -2.52. The molecule has 24 heavy (non-hydrogen) atoms. The molecule has 0 spiro atoms. The van der Waals surface area contributed by atoms with Crippen molar-refractivity contribution in [1.82, 2.24) is 10.9 Å². The van der Waals surface area contributed by atoms with Gasteiger partial charge in [0.05, 0.1) is 26.2 Å². The van der Waals surface area contributed by atoms with Gasteiger partial charge in [-0.1, -0.05) is 6.07 Å². The molecule has 0 aliphatic carbocycles. The van der Waals surface area contributed by atoms with Crippen LogP contribution < -0.4 is 30.4 Å². The lowest BCUT2D eigenvalue weighted by Crippen LogP contribution is -2.43. The Morgan fingerprint density at radius 3 is 2.25 bits per heavy atom. The molecule has 1 heterocycles. The van der Waals surface area contributed by atoms with E-state index in [4.69, 9.17) is 26.4 Å². The molecule has 0 unspecified atom stereocenters. The minimum atomic E-state index is -0.265. The lowest BCUT2D eigenvalue weighted by molar-refractivity contribution is 0.0948. The summed E-state index contributed by atoms with van der Waals surface area (Å²) in [6.07, 6.45) is 0. The topological polar surface area (TPSA) is 80.9 Å². The quantitative estimate of drug-likeness (QED) is 0.553. The van der Waals surface area contributed by atoms with E-state index in [2.05, 4.69) is 16.2 Å². The normalized spacial score (nSPS) is 9.79. The van der Waals surface area contributed by atoms with Crippen LogP contribution in [0.1, 0.15) is 9.67 Å². The van der Waals surface area contributed by atoms with E-state index in [0.717, 1.165) is 0 Å². The molecule has 0 bridgehead atoms. The summed E-state index contributed by atoms with van der Waals surface area (Å²) in [5.41, 5.74) is 5.77. The highest BCUT2D eigenvalue weighted by molar-refractivity contribution is 7.80. The molecule has 1 aromatic heterocycles. The zero-order valence-corrected chi connectivity index (χ0v) is 15.0. The van der Waals surface area contributed by atoms with Gasteiger partial charge in [-0.2, -0.15) is 0 Å². The SMILES string of the molecule is COc1cc(NC(=S)NNC(=O)c2cccs2)cc(OC)c1OC. The van der Waals surface area contributed by atoms with Crippen molar-refractivity contribution in [3.05, 3.63) is 34.5 Å². The van der Waals surface area contributed by atoms with Gasteiger partial charge in [0.2, 0.25) is 5.75 Å². The molecule has 1 amide bonds. The average molecular weight is 367 g/mol. The van der Waals surface area contributed by atoms with Crippen LogP contribution in [-0.2, 0) is 0 Å². The second-order valence-corrected chi connectivity index (χ2v) is 5.78. The van der Waals surface area contributed by atoms with Crippen LogP contribution in [-0.4, -0.2) is 32.3 Å². The third-order valence-corrected chi connectivity index (χ3v) is 4.03. The molecule has 9 heteroatoms. The third-order valence-electron chi connectivity index (χ3n) is 2.96. The molecule has 2 rings (SSSR count). The number of ether oxygens (including phenoxy) is 3. The van der Waals surface area contributed by atoms with Crippen molar-refractivity contribution >= 4 is 40.3 Å². The molecule has 0 saturated carbocycles. The number of nitrogens with one attached hydrogen (secondary N) is 3. The van der Waals surface area contributed by atoms with Gasteiger partial charge in [-0.15, -0.1) is 11.3 Å². The Balaban J connectivity index is 2.02. The molecule has 7 nitrogen and oxygen atoms in total. The van der Waals surface area contributed by atoms with E-state index in [1.165, 1.54) is 32.7 Å². The molecule has 3 N–H and O–H groups in total. The Bertz CT molecular complexity index is 695. The van der Waals surface area contributed by atoms with Gasteiger partial charge in [0.25, 0.3) is 5.91 Å². The van der Waals surface area contributed by atoms with Crippen LogP contribution >= 0.6 is 23.6 Å². The van der Waals surface area contributed by atoms with Crippen molar-refractivity contribution in [1.29, 1.82) is 0 Å². The molecular formula is C15H17N3O4S2. The van der Waals surface area contributed by atoms with E-state index in [-0.39, 0.29) is 11.0 Å². The van der Waals surface area contributed by atoms with Gasteiger partial charge in [0.1, 0.15) is 0 Å². The maximum Gasteiger partial charge on any atom is 0.279 e. The summed E-state index contributed by atoms with van der Waals surface area (Å²) in [4.78, 5) is 12.4. The lowest BCUT2D eigenvalue weighted by atomic mass is 10.2. The Labute approximate surface area is 148 Å². The molecular weight excluding hydrogens is 350 g/mol. The fourth-order valence-corrected chi connectivity index (χ4v) is 2.69. The summed E-state index contributed by atoms with van der Waals surface area (Å²) in [6, 6.07) is 6.93. The fraction of sp³-hybridized carbons (Fsp3) is 0.200. The standard InChI is InChI=1S/C15H17N3O4S2/c1-20-10-7-9(8-11(21-2)13(10)22-3)16-15(23)18-17-14(19)12-5-4-6-24-12/h4-8H,1-3H3,(H,17,19)(H2,16,18,23). The molecule has 0 saturated heterocycles. The van der Waals surface area contributed by atoms with E-state index < -0.39 is 0 Å². The number of hydrogen-bond donors (Lipinski definition) is 3. The Morgan fingerprint density at radius 2 is 1.75 bits per heavy atom. The smallest absolute Gasteiger partial charge is 0.279 e. The van der Waals surface area contributed by atoms with E-state index in [0.29, 0.717) is 27.8 Å². The van der Waals surface area contributed by atoms with Crippen LogP contribution in [0.25, 0.3) is 0 Å². The molecule has 1 aromatic carbocycles. The zero-order valence-electron chi connectivity index (χ0n) is 13.3. The van der Waals surface area contributed by atoms with Crippen LogP contribution in [0.4, 0.5) is 5.69 Å². The van der Waals surface area contributed by atoms with Crippen molar-refractivity contribution in [2.45, 2.75) is 0 Å². The zero-order chi connectivity index (χ0) is 17.5. The second kappa shape index (κ2) is 8.37. The molecule has 128 valence electrons. The van der Waals surface area contributed by atoms with Gasteiger partial charge in [-0.3, -0.25) is 15.6 Å². The van der Waals surface area contributed by atoms with Gasteiger partial charge in [-0.05, 0) is 23.7 Å². The number of anilines is 1. The summed E-state index contributed by atoms with van der Waals surface area (Å²) in [7, 11) is 4.58. The minimum absolute atomic E-state index is 0.217. The number of rotatable bonds is 5. The first-order valence-corrected chi connectivity index (χ1v) is 8.08. The number of hydrogen-bond acceptors (Lipinski definition) is 6. The Morgan fingerprint density at radius 1 is 1.08 bits per heavy atom. The van der Waals surface area contributed by atoms with Crippen molar-refractivity contribution in [2.24, 2.45) is 0 Å². The first kappa shape index (κ1) is 17.8. The van der Waals surface area contributed by atoms with Gasteiger partial charge >= 0.3 is 0 Å². The van der Waals surface area contributed by atoms with E-state index in [1.807, 2.05) is 5.38 Å². The maximum atomic E-state index is 11.8. The van der Waals surface area contributed by atoms with Crippen LogP contribution in [0.15, 0.2) is 29.6 Å². The number of carbonyl (C=O) groups is 1. The molecule has 2 aromatic rings. The van der Waals surface area contributed by atoms with E-state index >= 15 is 0 Å². The number of carbonyl (C=O) groups excluding carboxylic acids is 1. The highest BCUT2D eigenvalue weighted by Crippen LogP contribution is 2.39. The van der Waals surface area contributed by atoms with Gasteiger partial charge in [0, 0.05) is 17.8 Å². The van der Waals surface area contributed by atoms with Crippen LogP contribution in [0.5, 0.6) is 17.2 Å². The average Bonchev–Trinajstić information content (AvgIpc) is 3.13. The molecule has 0 aliphatic rings. The van der Waals surface area contributed by atoms with Gasteiger partial charge in [-0.25, -0.2) is 0 Å². The molecule has 0 radical (unpaired) electrons. The van der Waals surface area contributed by atoms with E-state index in [1.54, 1.807) is 24.3 Å². The van der Waals surface area contributed by atoms with Gasteiger partial charge < -0.3 is 19.5 Å². The Kier molecular flexibility index (Phi) is 6.21. The number of thiophene rings is 1. The first-order chi connectivity index (χ1) is 11.6. The molecule has 0 atom stereocenters.